The van der Waals surface area contributed by atoms with Crippen LogP contribution in [0.25, 0.3) is 0 Å². The fourth-order valence-corrected chi connectivity index (χ4v) is 1.67. The number of nitrogens with zero attached hydrogens (tertiary/aromatic N) is 3. The molecule has 0 fully saturated rings. The highest BCUT2D eigenvalue weighted by molar-refractivity contribution is 5.39. The van der Waals surface area contributed by atoms with Crippen LogP contribution in [0.1, 0.15) is 16.8 Å². The van der Waals surface area contributed by atoms with E-state index in [0.29, 0.717) is 12.5 Å². The van der Waals surface area contributed by atoms with Gasteiger partial charge in [-0.15, -0.1) is 0 Å². The number of nitrogens with one attached hydrogen (secondary N) is 2. The van der Waals surface area contributed by atoms with Crippen molar-refractivity contribution in [3.8, 4) is 0 Å². The van der Waals surface area contributed by atoms with Crippen LogP contribution in [0.5, 0.6) is 0 Å². The molecule has 0 unspecified atom stereocenters. The van der Waals surface area contributed by atoms with E-state index in [4.69, 9.17) is 0 Å². The van der Waals surface area contributed by atoms with E-state index in [1.807, 2.05) is 26.2 Å². The van der Waals surface area contributed by atoms with Crippen LogP contribution in [0.4, 0.5) is 11.8 Å². The second-order valence-electron chi connectivity index (χ2n) is 4.12. The maximum atomic E-state index is 4.30. The van der Waals surface area contributed by atoms with E-state index >= 15 is 0 Å². The second kappa shape index (κ2) is 5.44. The van der Waals surface area contributed by atoms with Crippen molar-refractivity contribution in [1.29, 1.82) is 0 Å². The van der Waals surface area contributed by atoms with Gasteiger partial charge in [0.1, 0.15) is 5.82 Å². The van der Waals surface area contributed by atoms with Crippen LogP contribution < -0.4 is 10.6 Å². The zero-order valence-corrected chi connectivity index (χ0v) is 10.9. The summed E-state index contributed by atoms with van der Waals surface area (Å²) in [5.41, 5.74) is 3.41. The van der Waals surface area contributed by atoms with Gasteiger partial charge in [0.2, 0.25) is 5.95 Å². The lowest BCUT2D eigenvalue weighted by Gasteiger charge is -2.08. The number of hydrogen-bond acceptors (Lipinski definition) is 5. The lowest BCUT2D eigenvalue weighted by atomic mass is 10.1. The van der Waals surface area contributed by atoms with Gasteiger partial charge in [0.15, 0.2) is 0 Å². The molecular formula is C13H17N5. The van der Waals surface area contributed by atoms with Crippen molar-refractivity contribution in [1.82, 2.24) is 15.0 Å². The third kappa shape index (κ3) is 2.94. The molecule has 0 aliphatic rings. The molecule has 0 amide bonds. The van der Waals surface area contributed by atoms with Crippen LogP contribution in [0.3, 0.4) is 0 Å². The van der Waals surface area contributed by atoms with Crippen LogP contribution in [-0.2, 0) is 6.54 Å². The quantitative estimate of drug-likeness (QED) is 0.861. The number of rotatable bonds is 4. The fraction of sp³-hybridized carbons (Fsp3) is 0.308. The van der Waals surface area contributed by atoms with Crippen molar-refractivity contribution in [2.75, 3.05) is 17.7 Å². The molecule has 94 valence electrons. The minimum absolute atomic E-state index is 0.613. The molecule has 2 rings (SSSR count). The second-order valence-corrected chi connectivity index (χ2v) is 4.12. The highest BCUT2D eigenvalue weighted by atomic mass is 15.1. The summed E-state index contributed by atoms with van der Waals surface area (Å²) in [6.07, 6.45) is 3.61. The number of aryl methyl sites for hydroxylation is 2. The Kier molecular flexibility index (Phi) is 3.72. The largest absolute Gasteiger partial charge is 0.373 e. The maximum Gasteiger partial charge on any atom is 0.224 e. The summed E-state index contributed by atoms with van der Waals surface area (Å²) in [6, 6.07) is 3.89. The molecule has 0 aliphatic heterocycles. The predicted molar refractivity (Wildman–Crippen MR) is 72.6 cm³/mol. The van der Waals surface area contributed by atoms with Gasteiger partial charge in [-0.1, -0.05) is 0 Å². The highest BCUT2D eigenvalue weighted by Gasteiger charge is 2.01. The topological polar surface area (TPSA) is 62.7 Å². The van der Waals surface area contributed by atoms with Crippen molar-refractivity contribution in [3.05, 3.63) is 41.3 Å². The third-order valence-corrected chi connectivity index (χ3v) is 2.70. The van der Waals surface area contributed by atoms with E-state index in [2.05, 4.69) is 38.6 Å². The summed E-state index contributed by atoms with van der Waals surface area (Å²) < 4.78 is 0. The molecular weight excluding hydrogens is 226 g/mol. The number of pyridine rings is 1. The predicted octanol–water partition coefficient (Wildman–Crippen LogP) is 2.14. The van der Waals surface area contributed by atoms with Crippen molar-refractivity contribution < 1.29 is 0 Å². The molecule has 0 radical (unpaired) electrons. The van der Waals surface area contributed by atoms with Crippen molar-refractivity contribution in [3.63, 3.8) is 0 Å². The summed E-state index contributed by atoms with van der Waals surface area (Å²) in [4.78, 5) is 12.8. The Balaban J connectivity index is 2.06. The Morgan fingerprint density at radius 1 is 1.22 bits per heavy atom. The van der Waals surface area contributed by atoms with Gasteiger partial charge >= 0.3 is 0 Å². The van der Waals surface area contributed by atoms with Gasteiger partial charge in [0.05, 0.1) is 0 Å². The molecule has 2 N–H and O–H groups in total. The smallest absolute Gasteiger partial charge is 0.224 e. The van der Waals surface area contributed by atoms with Crippen molar-refractivity contribution in [2.24, 2.45) is 0 Å². The molecule has 2 aromatic heterocycles. The first-order valence-electron chi connectivity index (χ1n) is 5.86. The molecule has 2 aromatic rings. The van der Waals surface area contributed by atoms with Gasteiger partial charge in [-0.05, 0) is 37.1 Å². The van der Waals surface area contributed by atoms with E-state index in [0.717, 1.165) is 17.1 Å². The van der Waals surface area contributed by atoms with E-state index in [1.54, 1.807) is 6.20 Å². The summed E-state index contributed by atoms with van der Waals surface area (Å²) in [6.45, 7) is 4.74. The Bertz CT molecular complexity index is 539. The summed E-state index contributed by atoms with van der Waals surface area (Å²) in [5, 5.41) is 6.17. The van der Waals surface area contributed by atoms with E-state index in [9.17, 15) is 0 Å². The first kappa shape index (κ1) is 12.3. The van der Waals surface area contributed by atoms with E-state index in [-0.39, 0.29) is 0 Å². The Morgan fingerprint density at radius 2 is 2.06 bits per heavy atom. The molecule has 0 saturated carbocycles. The Hall–Kier alpha value is -2.17. The van der Waals surface area contributed by atoms with Crippen LogP contribution >= 0.6 is 0 Å². The van der Waals surface area contributed by atoms with Gasteiger partial charge in [0, 0.05) is 31.7 Å². The van der Waals surface area contributed by atoms with Gasteiger partial charge in [-0.3, -0.25) is 4.98 Å². The monoisotopic (exact) mass is 243 g/mol. The molecule has 18 heavy (non-hydrogen) atoms. The van der Waals surface area contributed by atoms with Crippen molar-refractivity contribution >= 4 is 11.8 Å². The molecule has 2 heterocycles. The fourth-order valence-electron chi connectivity index (χ4n) is 1.67. The lowest BCUT2D eigenvalue weighted by molar-refractivity contribution is 1.02. The Morgan fingerprint density at radius 3 is 2.78 bits per heavy atom. The number of hydrogen-bond donors (Lipinski definition) is 2. The van der Waals surface area contributed by atoms with E-state index < -0.39 is 0 Å². The first-order valence-corrected chi connectivity index (χ1v) is 5.86. The minimum Gasteiger partial charge on any atom is -0.373 e. The summed E-state index contributed by atoms with van der Waals surface area (Å²) >= 11 is 0. The first-order chi connectivity index (χ1) is 8.69. The molecule has 0 saturated heterocycles. The van der Waals surface area contributed by atoms with Crippen LogP contribution in [-0.4, -0.2) is 22.0 Å². The van der Waals surface area contributed by atoms with Crippen LogP contribution in [0.2, 0.25) is 0 Å². The maximum absolute atomic E-state index is 4.30. The standard InChI is InChI=1S/C13H17N5/c1-9-6-10(2)16-7-11(9)8-17-13-15-5-4-12(14-3)18-13/h4-7H,8H2,1-3H3,(H2,14,15,17,18). The van der Waals surface area contributed by atoms with Gasteiger partial charge in [0.25, 0.3) is 0 Å². The molecule has 0 aromatic carbocycles. The summed E-state index contributed by atoms with van der Waals surface area (Å²) in [7, 11) is 1.83. The molecule has 0 spiro atoms. The van der Waals surface area contributed by atoms with Gasteiger partial charge < -0.3 is 10.6 Å². The number of anilines is 2. The van der Waals surface area contributed by atoms with Gasteiger partial charge in [-0.25, -0.2) is 4.98 Å². The lowest BCUT2D eigenvalue weighted by Crippen LogP contribution is -2.06. The molecule has 5 heteroatoms. The Labute approximate surface area is 107 Å². The zero-order valence-electron chi connectivity index (χ0n) is 10.9. The molecule has 0 bridgehead atoms. The minimum atomic E-state index is 0.613. The highest BCUT2D eigenvalue weighted by Crippen LogP contribution is 2.10. The number of aromatic nitrogens is 3. The normalized spacial score (nSPS) is 10.2. The van der Waals surface area contributed by atoms with Crippen LogP contribution in [0, 0.1) is 13.8 Å². The SMILES string of the molecule is CNc1ccnc(NCc2cnc(C)cc2C)n1. The van der Waals surface area contributed by atoms with Crippen LogP contribution in [0.15, 0.2) is 24.5 Å². The third-order valence-electron chi connectivity index (χ3n) is 2.70. The molecule has 0 aliphatic carbocycles. The molecule has 0 atom stereocenters. The molecule has 5 nitrogen and oxygen atoms in total. The van der Waals surface area contributed by atoms with Gasteiger partial charge in [-0.2, -0.15) is 4.98 Å². The average Bonchev–Trinajstić information content (AvgIpc) is 2.38. The van der Waals surface area contributed by atoms with Crippen molar-refractivity contribution in [2.45, 2.75) is 20.4 Å². The zero-order chi connectivity index (χ0) is 13.0. The summed E-state index contributed by atoms with van der Waals surface area (Å²) in [5.74, 6) is 1.41. The van der Waals surface area contributed by atoms with E-state index in [1.165, 1.54) is 5.56 Å². The average molecular weight is 243 g/mol.